The predicted molar refractivity (Wildman–Crippen MR) is 63.4 cm³/mol. The van der Waals surface area contributed by atoms with E-state index in [1.54, 1.807) is 24.3 Å². The van der Waals surface area contributed by atoms with Crippen LogP contribution in [0.3, 0.4) is 0 Å². The van der Waals surface area contributed by atoms with Crippen LogP contribution in [0.15, 0.2) is 24.3 Å². The molecular weight excluding hydrogens is 263 g/mol. The molecule has 7 heteroatoms. The summed E-state index contributed by atoms with van der Waals surface area (Å²) in [6, 6.07) is 6.66. The van der Waals surface area contributed by atoms with Gasteiger partial charge in [-0.05, 0) is 24.3 Å². The van der Waals surface area contributed by atoms with Gasteiger partial charge in [-0.1, -0.05) is 0 Å². The quantitative estimate of drug-likeness (QED) is 0.796. The molecule has 1 aromatic rings. The van der Waals surface area contributed by atoms with Gasteiger partial charge in [-0.2, -0.15) is 13.2 Å². The maximum Gasteiger partial charge on any atom is 0.401 e. The third-order valence-electron chi connectivity index (χ3n) is 2.21. The molecular formula is C12H16F3NO3. The number of alkyl halides is 3. The van der Waals surface area contributed by atoms with Crippen LogP contribution in [0, 0.1) is 0 Å². The van der Waals surface area contributed by atoms with Crippen LogP contribution in [0.1, 0.15) is 0 Å². The standard InChI is InChI=1S/C12H16F3NO3/c1-18-10-2-4-11(5-3-10)19-7-9(17)6-16-8-12(13,14)15/h2-5,9,16-17H,6-8H2,1H3. The molecule has 1 unspecified atom stereocenters. The van der Waals surface area contributed by atoms with Crippen LogP contribution in [-0.2, 0) is 0 Å². The monoisotopic (exact) mass is 279 g/mol. The van der Waals surface area contributed by atoms with Crippen molar-refractivity contribution in [2.75, 3.05) is 26.8 Å². The fourth-order valence-corrected chi connectivity index (χ4v) is 1.30. The highest BCUT2D eigenvalue weighted by Gasteiger charge is 2.26. The van der Waals surface area contributed by atoms with Crippen molar-refractivity contribution in [3.8, 4) is 11.5 Å². The molecule has 0 heterocycles. The zero-order valence-corrected chi connectivity index (χ0v) is 10.4. The lowest BCUT2D eigenvalue weighted by Crippen LogP contribution is -2.37. The van der Waals surface area contributed by atoms with Gasteiger partial charge in [-0.15, -0.1) is 0 Å². The lowest BCUT2D eigenvalue weighted by molar-refractivity contribution is -0.125. The van der Waals surface area contributed by atoms with Crippen molar-refractivity contribution in [1.82, 2.24) is 5.32 Å². The van der Waals surface area contributed by atoms with E-state index in [1.807, 2.05) is 0 Å². The van der Waals surface area contributed by atoms with Gasteiger partial charge in [0, 0.05) is 6.54 Å². The Bertz CT molecular complexity index is 367. The molecule has 0 aliphatic carbocycles. The Hall–Kier alpha value is -1.47. The second kappa shape index (κ2) is 7.20. The van der Waals surface area contributed by atoms with E-state index in [-0.39, 0.29) is 13.2 Å². The molecule has 0 radical (unpaired) electrons. The van der Waals surface area contributed by atoms with Gasteiger partial charge >= 0.3 is 6.18 Å². The number of benzene rings is 1. The van der Waals surface area contributed by atoms with Crippen LogP contribution in [-0.4, -0.2) is 44.2 Å². The molecule has 4 nitrogen and oxygen atoms in total. The van der Waals surface area contributed by atoms with Gasteiger partial charge in [-0.3, -0.25) is 0 Å². The molecule has 0 aromatic heterocycles. The number of aliphatic hydroxyl groups excluding tert-OH is 1. The minimum absolute atomic E-state index is 0.0861. The van der Waals surface area contributed by atoms with Gasteiger partial charge < -0.3 is 19.9 Å². The average Bonchev–Trinajstić information content (AvgIpc) is 2.35. The van der Waals surface area contributed by atoms with Crippen LogP contribution >= 0.6 is 0 Å². The molecule has 0 bridgehead atoms. The Morgan fingerprint density at radius 1 is 1.21 bits per heavy atom. The average molecular weight is 279 g/mol. The second-order valence-corrected chi connectivity index (χ2v) is 3.89. The van der Waals surface area contributed by atoms with Crippen LogP contribution in [0.4, 0.5) is 13.2 Å². The van der Waals surface area contributed by atoms with E-state index in [1.165, 1.54) is 7.11 Å². The Morgan fingerprint density at radius 3 is 2.32 bits per heavy atom. The van der Waals surface area contributed by atoms with Crippen molar-refractivity contribution < 1.29 is 27.8 Å². The fraction of sp³-hybridized carbons (Fsp3) is 0.500. The van der Waals surface area contributed by atoms with E-state index in [2.05, 4.69) is 5.32 Å². The van der Waals surface area contributed by atoms with Gasteiger partial charge in [0.25, 0.3) is 0 Å². The van der Waals surface area contributed by atoms with E-state index in [0.717, 1.165) is 0 Å². The first-order valence-electron chi connectivity index (χ1n) is 5.63. The van der Waals surface area contributed by atoms with E-state index in [9.17, 15) is 18.3 Å². The molecule has 0 aliphatic rings. The molecule has 0 spiro atoms. The second-order valence-electron chi connectivity index (χ2n) is 3.89. The normalized spacial score (nSPS) is 13.1. The van der Waals surface area contributed by atoms with Gasteiger partial charge in [0.1, 0.15) is 24.2 Å². The lowest BCUT2D eigenvalue weighted by Gasteiger charge is -2.14. The number of hydrogen-bond donors (Lipinski definition) is 2. The summed E-state index contributed by atoms with van der Waals surface area (Å²) in [6.07, 6.45) is -5.29. The molecule has 0 fully saturated rings. The highest BCUT2D eigenvalue weighted by molar-refractivity contribution is 5.31. The molecule has 1 atom stereocenters. The number of halogens is 3. The largest absolute Gasteiger partial charge is 0.497 e. The molecule has 1 aromatic carbocycles. The summed E-state index contributed by atoms with van der Waals surface area (Å²) < 4.78 is 45.7. The molecule has 0 aliphatic heterocycles. The molecule has 0 saturated heterocycles. The summed E-state index contributed by atoms with van der Waals surface area (Å²) in [6.45, 7) is -1.40. The number of aliphatic hydroxyl groups is 1. The fourth-order valence-electron chi connectivity index (χ4n) is 1.30. The molecule has 0 saturated carbocycles. The number of rotatable bonds is 7. The van der Waals surface area contributed by atoms with Gasteiger partial charge in [0.15, 0.2) is 0 Å². The van der Waals surface area contributed by atoms with Crippen LogP contribution in [0.5, 0.6) is 11.5 Å². The van der Waals surface area contributed by atoms with Crippen molar-refractivity contribution in [1.29, 1.82) is 0 Å². The van der Waals surface area contributed by atoms with Crippen molar-refractivity contribution in [3.05, 3.63) is 24.3 Å². The zero-order valence-electron chi connectivity index (χ0n) is 10.4. The summed E-state index contributed by atoms with van der Waals surface area (Å²) >= 11 is 0. The smallest absolute Gasteiger partial charge is 0.401 e. The number of nitrogens with one attached hydrogen (secondary N) is 1. The molecule has 2 N–H and O–H groups in total. The van der Waals surface area contributed by atoms with Crippen LogP contribution in [0.2, 0.25) is 0 Å². The van der Waals surface area contributed by atoms with Gasteiger partial charge in [-0.25, -0.2) is 0 Å². The Labute approximate surface area is 109 Å². The highest BCUT2D eigenvalue weighted by Crippen LogP contribution is 2.17. The van der Waals surface area contributed by atoms with E-state index >= 15 is 0 Å². The minimum Gasteiger partial charge on any atom is -0.497 e. The van der Waals surface area contributed by atoms with Crippen molar-refractivity contribution in [2.24, 2.45) is 0 Å². The van der Waals surface area contributed by atoms with E-state index in [4.69, 9.17) is 9.47 Å². The Morgan fingerprint density at radius 2 is 1.79 bits per heavy atom. The van der Waals surface area contributed by atoms with Crippen LogP contribution in [0.25, 0.3) is 0 Å². The van der Waals surface area contributed by atoms with E-state index in [0.29, 0.717) is 11.5 Å². The SMILES string of the molecule is COc1ccc(OCC(O)CNCC(F)(F)F)cc1. The first-order chi connectivity index (χ1) is 8.90. The summed E-state index contributed by atoms with van der Waals surface area (Å²) in [5.41, 5.74) is 0. The Balaban J connectivity index is 2.23. The van der Waals surface area contributed by atoms with Crippen molar-refractivity contribution >= 4 is 0 Å². The third-order valence-corrected chi connectivity index (χ3v) is 2.21. The topological polar surface area (TPSA) is 50.7 Å². The lowest BCUT2D eigenvalue weighted by atomic mass is 10.3. The summed E-state index contributed by atoms with van der Waals surface area (Å²) in [4.78, 5) is 0. The summed E-state index contributed by atoms with van der Waals surface area (Å²) in [5.74, 6) is 1.18. The zero-order chi connectivity index (χ0) is 14.3. The number of hydrogen-bond acceptors (Lipinski definition) is 4. The Kier molecular flexibility index (Phi) is 5.91. The van der Waals surface area contributed by atoms with Crippen LogP contribution < -0.4 is 14.8 Å². The molecule has 108 valence electrons. The molecule has 1 rings (SSSR count). The van der Waals surface area contributed by atoms with Gasteiger partial charge in [0.05, 0.1) is 13.7 Å². The molecule has 0 amide bonds. The predicted octanol–water partition coefficient (Wildman–Crippen LogP) is 1.59. The maximum atomic E-state index is 11.8. The number of ether oxygens (including phenoxy) is 2. The maximum absolute atomic E-state index is 11.8. The number of methoxy groups -OCH3 is 1. The first kappa shape index (κ1) is 15.6. The minimum atomic E-state index is -4.28. The van der Waals surface area contributed by atoms with Crippen molar-refractivity contribution in [2.45, 2.75) is 12.3 Å². The molecule has 19 heavy (non-hydrogen) atoms. The highest BCUT2D eigenvalue weighted by atomic mass is 19.4. The van der Waals surface area contributed by atoms with Crippen molar-refractivity contribution in [3.63, 3.8) is 0 Å². The summed E-state index contributed by atoms with van der Waals surface area (Å²) in [7, 11) is 1.53. The third kappa shape index (κ3) is 6.88. The van der Waals surface area contributed by atoms with Gasteiger partial charge in [0.2, 0.25) is 0 Å². The summed E-state index contributed by atoms with van der Waals surface area (Å²) in [5, 5.41) is 11.5. The first-order valence-corrected chi connectivity index (χ1v) is 5.63. The van der Waals surface area contributed by atoms with E-state index < -0.39 is 18.8 Å².